The molecule has 0 aliphatic rings. The summed E-state index contributed by atoms with van der Waals surface area (Å²) in [5.41, 5.74) is 0.102. The number of ether oxygens (including phenoxy) is 2. The molecule has 0 saturated heterocycles. The van der Waals surface area contributed by atoms with E-state index in [1.807, 2.05) is 0 Å². The minimum absolute atomic E-state index is 0.0137. The third-order valence-electron chi connectivity index (χ3n) is 2.18. The molecule has 2 aromatic heterocycles. The summed E-state index contributed by atoms with van der Waals surface area (Å²) in [6.07, 6.45) is 5.36. The van der Waals surface area contributed by atoms with Gasteiger partial charge >= 0.3 is 12.6 Å². The van der Waals surface area contributed by atoms with Gasteiger partial charge in [0.15, 0.2) is 11.4 Å². The van der Waals surface area contributed by atoms with E-state index in [1.165, 1.54) is 36.9 Å². The number of alkyl halides is 2. The normalized spacial score (nSPS) is 10.3. The van der Waals surface area contributed by atoms with Crippen LogP contribution in [0.3, 0.4) is 0 Å². The molecule has 0 amide bonds. The predicted molar refractivity (Wildman–Crippen MR) is 62.0 cm³/mol. The van der Waals surface area contributed by atoms with Crippen molar-refractivity contribution in [2.24, 2.45) is 0 Å². The number of aromatic nitrogens is 3. The molecule has 0 N–H and O–H groups in total. The van der Waals surface area contributed by atoms with Crippen molar-refractivity contribution in [3.8, 4) is 5.75 Å². The molecule has 20 heavy (non-hydrogen) atoms. The van der Waals surface area contributed by atoms with Crippen molar-refractivity contribution >= 4 is 5.97 Å². The van der Waals surface area contributed by atoms with Crippen molar-refractivity contribution in [2.75, 3.05) is 0 Å². The fourth-order valence-electron chi connectivity index (χ4n) is 1.35. The summed E-state index contributed by atoms with van der Waals surface area (Å²) in [5, 5.41) is 0. The van der Waals surface area contributed by atoms with Crippen molar-refractivity contribution in [1.29, 1.82) is 0 Å². The van der Waals surface area contributed by atoms with E-state index in [9.17, 15) is 13.6 Å². The van der Waals surface area contributed by atoms with Gasteiger partial charge in [-0.25, -0.2) is 9.78 Å². The number of esters is 1. The lowest BCUT2D eigenvalue weighted by Crippen LogP contribution is -2.10. The SMILES string of the molecule is O=C(OCc1ncccc1OC(F)F)c1cnccn1. The molecule has 0 fully saturated rings. The van der Waals surface area contributed by atoms with Gasteiger partial charge in [-0.15, -0.1) is 0 Å². The third kappa shape index (κ3) is 3.67. The van der Waals surface area contributed by atoms with E-state index in [0.29, 0.717) is 0 Å². The molecule has 0 aliphatic carbocycles. The zero-order valence-corrected chi connectivity index (χ0v) is 10.1. The van der Waals surface area contributed by atoms with Crippen LogP contribution in [-0.4, -0.2) is 27.5 Å². The Morgan fingerprint density at radius 2 is 2.10 bits per heavy atom. The standard InChI is InChI=1S/C12H9F2N3O3/c13-12(14)20-10-2-1-3-16-9(10)7-19-11(18)8-6-15-4-5-17-8/h1-6,12H,7H2. The van der Waals surface area contributed by atoms with Crippen LogP contribution in [0.5, 0.6) is 5.75 Å². The maximum Gasteiger partial charge on any atom is 0.387 e. The summed E-state index contributed by atoms with van der Waals surface area (Å²) < 4.78 is 33.6. The van der Waals surface area contributed by atoms with Gasteiger partial charge in [-0.05, 0) is 12.1 Å². The maximum absolute atomic E-state index is 12.2. The number of halogens is 2. The van der Waals surface area contributed by atoms with Gasteiger partial charge in [0.05, 0.1) is 6.20 Å². The van der Waals surface area contributed by atoms with Crippen LogP contribution in [0.25, 0.3) is 0 Å². The number of carbonyl (C=O) groups excluding carboxylic acids is 1. The maximum atomic E-state index is 12.2. The van der Waals surface area contributed by atoms with Crippen LogP contribution >= 0.6 is 0 Å². The topological polar surface area (TPSA) is 74.2 Å². The Labute approximate surface area is 112 Å². The lowest BCUT2D eigenvalue weighted by Gasteiger charge is -2.09. The number of rotatable bonds is 5. The molecule has 2 heterocycles. The molecule has 0 saturated carbocycles. The highest BCUT2D eigenvalue weighted by atomic mass is 19.3. The second kappa shape index (κ2) is 6.50. The Hall–Kier alpha value is -2.64. The lowest BCUT2D eigenvalue weighted by molar-refractivity contribution is -0.0514. The average Bonchev–Trinajstić information content (AvgIpc) is 2.46. The molecule has 2 rings (SSSR count). The van der Waals surface area contributed by atoms with Crippen LogP contribution < -0.4 is 4.74 Å². The van der Waals surface area contributed by atoms with Crippen molar-refractivity contribution in [3.63, 3.8) is 0 Å². The zero-order valence-electron chi connectivity index (χ0n) is 10.1. The van der Waals surface area contributed by atoms with Gasteiger partial charge in [0, 0.05) is 18.6 Å². The van der Waals surface area contributed by atoms with Gasteiger partial charge in [0.25, 0.3) is 0 Å². The Bertz CT molecular complexity index is 581. The van der Waals surface area contributed by atoms with Gasteiger partial charge in [-0.1, -0.05) is 0 Å². The summed E-state index contributed by atoms with van der Waals surface area (Å²) in [5.74, 6) is -0.874. The number of carbonyl (C=O) groups is 1. The van der Waals surface area contributed by atoms with Crippen molar-refractivity contribution < 1.29 is 23.0 Å². The second-order valence-corrected chi connectivity index (χ2v) is 3.49. The van der Waals surface area contributed by atoms with E-state index in [-0.39, 0.29) is 23.7 Å². The van der Waals surface area contributed by atoms with Crippen LogP contribution in [0.2, 0.25) is 0 Å². The Morgan fingerprint density at radius 3 is 2.80 bits per heavy atom. The summed E-state index contributed by atoms with van der Waals surface area (Å²) in [6.45, 7) is -3.29. The highest BCUT2D eigenvalue weighted by Crippen LogP contribution is 2.19. The van der Waals surface area contributed by atoms with Crippen LogP contribution in [0.15, 0.2) is 36.9 Å². The first-order valence-corrected chi connectivity index (χ1v) is 5.48. The minimum atomic E-state index is -2.98. The van der Waals surface area contributed by atoms with Crippen LogP contribution in [0, 0.1) is 0 Å². The number of hydrogen-bond donors (Lipinski definition) is 0. The summed E-state index contributed by atoms with van der Waals surface area (Å²) in [4.78, 5) is 22.9. The third-order valence-corrected chi connectivity index (χ3v) is 2.18. The van der Waals surface area contributed by atoms with Crippen molar-refractivity contribution in [2.45, 2.75) is 13.2 Å². The molecule has 0 unspecified atom stereocenters. The molecule has 0 aliphatic heterocycles. The zero-order chi connectivity index (χ0) is 14.4. The lowest BCUT2D eigenvalue weighted by atomic mass is 10.3. The van der Waals surface area contributed by atoms with E-state index in [1.54, 1.807) is 0 Å². The first-order chi connectivity index (χ1) is 9.66. The largest absolute Gasteiger partial charge is 0.454 e. The summed E-state index contributed by atoms with van der Waals surface area (Å²) in [7, 11) is 0. The van der Waals surface area contributed by atoms with Gasteiger partial charge in [0.1, 0.15) is 12.3 Å². The minimum Gasteiger partial charge on any atom is -0.454 e. The fraction of sp³-hybridized carbons (Fsp3) is 0.167. The summed E-state index contributed by atoms with van der Waals surface area (Å²) in [6, 6.07) is 2.75. The molecule has 8 heteroatoms. The quantitative estimate of drug-likeness (QED) is 0.778. The second-order valence-electron chi connectivity index (χ2n) is 3.49. The Balaban J connectivity index is 2.02. The molecule has 0 radical (unpaired) electrons. The van der Waals surface area contributed by atoms with E-state index >= 15 is 0 Å². The van der Waals surface area contributed by atoms with Gasteiger partial charge in [0.2, 0.25) is 0 Å². The van der Waals surface area contributed by atoms with Gasteiger partial charge in [-0.3, -0.25) is 9.97 Å². The molecule has 0 spiro atoms. The highest BCUT2D eigenvalue weighted by Gasteiger charge is 2.14. The van der Waals surface area contributed by atoms with E-state index in [4.69, 9.17) is 4.74 Å². The Morgan fingerprint density at radius 1 is 1.25 bits per heavy atom. The molecule has 2 aromatic rings. The van der Waals surface area contributed by atoms with Gasteiger partial charge in [-0.2, -0.15) is 8.78 Å². The van der Waals surface area contributed by atoms with Crippen molar-refractivity contribution in [1.82, 2.24) is 15.0 Å². The summed E-state index contributed by atoms with van der Waals surface area (Å²) >= 11 is 0. The molecular formula is C12H9F2N3O3. The molecule has 0 aromatic carbocycles. The first-order valence-electron chi connectivity index (χ1n) is 5.48. The van der Waals surface area contributed by atoms with Crippen LogP contribution in [0.1, 0.15) is 16.2 Å². The number of hydrogen-bond acceptors (Lipinski definition) is 6. The van der Waals surface area contributed by atoms with E-state index in [2.05, 4.69) is 19.7 Å². The fourth-order valence-corrected chi connectivity index (χ4v) is 1.35. The molecule has 104 valence electrons. The van der Waals surface area contributed by atoms with E-state index in [0.717, 1.165) is 0 Å². The molecular weight excluding hydrogens is 272 g/mol. The monoisotopic (exact) mass is 281 g/mol. The van der Waals surface area contributed by atoms with Crippen molar-refractivity contribution in [3.05, 3.63) is 48.3 Å². The van der Waals surface area contributed by atoms with Crippen LogP contribution in [0.4, 0.5) is 8.78 Å². The number of nitrogens with zero attached hydrogens (tertiary/aromatic N) is 3. The average molecular weight is 281 g/mol. The molecule has 0 bridgehead atoms. The predicted octanol–water partition coefficient (Wildman–Crippen LogP) is 1.83. The number of pyridine rings is 1. The molecule has 6 nitrogen and oxygen atoms in total. The molecule has 0 atom stereocenters. The Kier molecular flexibility index (Phi) is 4.48. The van der Waals surface area contributed by atoms with Gasteiger partial charge < -0.3 is 9.47 Å². The smallest absolute Gasteiger partial charge is 0.387 e. The van der Waals surface area contributed by atoms with E-state index < -0.39 is 12.6 Å². The first kappa shape index (κ1) is 13.8. The highest BCUT2D eigenvalue weighted by molar-refractivity contribution is 5.86. The van der Waals surface area contributed by atoms with Crippen LogP contribution in [-0.2, 0) is 11.3 Å².